The van der Waals surface area contributed by atoms with Crippen LogP contribution < -0.4 is 10.6 Å². The van der Waals surface area contributed by atoms with Gasteiger partial charge in [-0.25, -0.2) is 9.97 Å². The van der Waals surface area contributed by atoms with Gasteiger partial charge in [-0.15, -0.1) is 0 Å². The van der Waals surface area contributed by atoms with Gasteiger partial charge in [0.25, 0.3) is 5.91 Å². The first-order valence-electron chi connectivity index (χ1n) is 7.79. The van der Waals surface area contributed by atoms with Gasteiger partial charge in [-0.3, -0.25) is 4.79 Å². The molecule has 0 aliphatic heterocycles. The van der Waals surface area contributed by atoms with Gasteiger partial charge in [0, 0.05) is 29.6 Å². The smallest absolute Gasteiger partial charge is 0.254 e. The van der Waals surface area contributed by atoms with E-state index in [-0.39, 0.29) is 5.91 Å². The van der Waals surface area contributed by atoms with E-state index < -0.39 is 0 Å². The molecule has 1 heterocycles. The molecule has 0 fully saturated rings. The van der Waals surface area contributed by atoms with E-state index in [2.05, 4.69) is 20.6 Å². The van der Waals surface area contributed by atoms with Crippen molar-refractivity contribution in [3.05, 3.63) is 82.6 Å². The Labute approximate surface area is 151 Å². The van der Waals surface area contributed by atoms with E-state index in [1.165, 1.54) is 12.4 Å². The van der Waals surface area contributed by atoms with Gasteiger partial charge in [0.15, 0.2) is 0 Å². The zero-order valence-electron chi connectivity index (χ0n) is 13.7. The summed E-state index contributed by atoms with van der Waals surface area (Å²) in [6, 6.07) is 15.3. The molecule has 0 saturated carbocycles. The summed E-state index contributed by atoms with van der Waals surface area (Å²) in [4.78, 5) is 20.6. The minimum absolute atomic E-state index is 0.248. The largest absolute Gasteiger partial charge is 0.348 e. The summed E-state index contributed by atoms with van der Waals surface area (Å²) in [7, 11) is 0. The van der Waals surface area contributed by atoms with Crippen molar-refractivity contribution >= 4 is 29.1 Å². The van der Waals surface area contributed by atoms with Crippen molar-refractivity contribution in [3.8, 4) is 0 Å². The Morgan fingerprint density at radius 3 is 2.56 bits per heavy atom. The van der Waals surface area contributed by atoms with Crippen LogP contribution in [0.2, 0.25) is 5.02 Å². The maximum atomic E-state index is 12.2. The molecular weight excluding hydrogens is 336 g/mol. The molecule has 5 nitrogen and oxygen atoms in total. The van der Waals surface area contributed by atoms with E-state index in [4.69, 9.17) is 11.6 Å². The number of aromatic nitrogens is 2. The van der Waals surface area contributed by atoms with E-state index in [0.29, 0.717) is 23.1 Å². The molecule has 0 spiro atoms. The van der Waals surface area contributed by atoms with Gasteiger partial charge < -0.3 is 10.6 Å². The molecule has 25 heavy (non-hydrogen) atoms. The molecule has 0 radical (unpaired) electrons. The molecule has 0 aliphatic carbocycles. The van der Waals surface area contributed by atoms with Crippen molar-refractivity contribution in [2.24, 2.45) is 0 Å². The first-order valence-corrected chi connectivity index (χ1v) is 8.17. The summed E-state index contributed by atoms with van der Waals surface area (Å²) in [6.45, 7) is 2.36. The number of rotatable bonds is 5. The molecule has 0 aliphatic rings. The number of hydrogen-bond acceptors (Lipinski definition) is 4. The van der Waals surface area contributed by atoms with E-state index in [1.54, 1.807) is 6.07 Å². The fraction of sp³-hybridized carbons (Fsp3) is 0.105. The van der Waals surface area contributed by atoms with E-state index in [0.717, 1.165) is 16.8 Å². The number of aryl methyl sites for hydroxylation is 1. The molecule has 1 aromatic heterocycles. The van der Waals surface area contributed by atoms with Gasteiger partial charge in [0.05, 0.1) is 5.56 Å². The molecule has 6 heteroatoms. The van der Waals surface area contributed by atoms with Crippen molar-refractivity contribution in [1.29, 1.82) is 0 Å². The maximum Gasteiger partial charge on any atom is 0.254 e. The van der Waals surface area contributed by atoms with Crippen LogP contribution in [0, 0.1) is 6.92 Å². The topological polar surface area (TPSA) is 66.9 Å². The Bertz CT molecular complexity index is 881. The molecule has 0 unspecified atom stereocenters. The number of nitrogens with one attached hydrogen (secondary N) is 2. The number of nitrogens with zero attached hydrogens (tertiary/aromatic N) is 2. The second kappa shape index (κ2) is 7.77. The number of amides is 1. The predicted octanol–water partition coefficient (Wildman–Crippen LogP) is 4.11. The average molecular weight is 353 g/mol. The van der Waals surface area contributed by atoms with Gasteiger partial charge in [-0.05, 0) is 36.2 Å². The van der Waals surface area contributed by atoms with Crippen molar-refractivity contribution in [3.63, 3.8) is 0 Å². The molecule has 0 bridgehead atoms. The van der Waals surface area contributed by atoms with E-state index in [9.17, 15) is 4.79 Å². The highest BCUT2D eigenvalue weighted by atomic mass is 35.5. The van der Waals surface area contributed by atoms with Crippen LogP contribution in [-0.2, 0) is 6.54 Å². The molecule has 0 saturated heterocycles. The third kappa shape index (κ3) is 4.55. The lowest BCUT2D eigenvalue weighted by molar-refractivity contribution is 0.0950. The van der Waals surface area contributed by atoms with E-state index >= 15 is 0 Å². The molecule has 126 valence electrons. The summed E-state index contributed by atoms with van der Waals surface area (Å²) < 4.78 is 0. The van der Waals surface area contributed by atoms with Crippen molar-refractivity contribution < 1.29 is 4.79 Å². The lowest BCUT2D eigenvalue weighted by Crippen LogP contribution is -2.23. The lowest BCUT2D eigenvalue weighted by atomic mass is 10.2. The summed E-state index contributed by atoms with van der Waals surface area (Å²) in [5.41, 5.74) is 3.29. The standard InChI is InChI=1S/C19H17ClN4O/c1-13-5-4-7-16(9-13)24-19-22-11-15(12-23-19)18(25)21-10-14-6-2-3-8-17(14)20/h2-9,11-12H,10H2,1H3,(H,21,25)(H,22,23,24). The molecule has 2 N–H and O–H groups in total. The van der Waals surface area contributed by atoms with Crippen LogP contribution in [-0.4, -0.2) is 15.9 Å². The monoisotopic (exact) mass is 352 g/mol. The zero-order chi connectivity index (χ0) is 17.6. The van der Waals surface area contributed by atoms with Gasteiger partial charge in [0.1, 0.15) is 0 Å². The van der Waals surface area contributed by atoms with Gasteiger partial charge >= 0.3 is 0 Å². The number of carbonyl (C=O) groups excluding carboxylic acids is 1. The SMILES string of the molecule is Cc1cccc(Nc2ncc(C(=O)NCc3ccccc3Cl)cn2)c1. The molecular formula is C19H17ClN4O. The Morgan fingerprint density at radius 2 is 1.84 bits per heavy atom. The van der Waals surface area contributed by atoms with Gasteiger partial charge in [-0.2, -0.15) is 0 Å². The van der Waals surface area contributed by atoms with Crippen molar-refractivity contribution in [2.75, 3.05) is 5.32 Å². The Balaban J connectivity index is 1.61. The van der Waals surface area contributed by atoms with Crippen LogP contribution in [0.4, 0.5) is 11.6 Å². The summed E-state index contributed by atoms with van der Waals surface area (Å²) >= 11 is 6.08. The van der Waals surface area contributed by atoms with Crippen LogP contribution in [0.1, 0.15) is 21.5 Å². The normalized spacial score (nSPS) is 10.3. The van der Waals surface area contributed by atoms with Gasteiger partial charge in [0.2, 0.25) is 5.95 Å². The third-order valence-electron chi connectivity index (χ3n) is 3.59. The van der Waals surface area contributed by atoms with Crippen molar-refractivity contribution in [2.45, 2.75) is 13.5 Å². The van der Waals surface area contributed by atoms with Crippen LogP contribution in [0.5, 0.6) is 0 Å². The first-order chi connectivity index (χ1) is 12.1. The molecule has 1 amide bonds. The highest BCUT2D eigenvalue weighted by Gasteiger charge is 2.08. The highest BCUT2D eigenvalue weighted by molar-refractivity contribution is 6.31. The molecule has 3 aromatic rings. The fourth-order valence-corrected chi connectivity index (χ4v) is 2.48. The number of carbonyl (C=O) groups is 1. The summed E-state index contributed by atoms with van der Waals surface area (Å²) in [5.74, 6) is 0.190. The Kier molecular flexibility index (Phi) is 5.26. The lowest BCUT2D eigenvalue weighted by Gasteiger charge is -2.08. The second-order valence-corrected chi connectivity index (χ2v) is 5.97. The Hall–Kier alpha value is -2.92. The highest BCUT2D eigenvalue weighted by Crippen LogP contribution is 2.15. The first kappa shape index (κ1) is 16.9. The van der Waals surface area contributed by atoms with Crippen LogP contribution >= 0.6 is 11.6 Å². The minimum Gasteiger partial charge on any atom is -0.348 e. The molecule has 3 rings (SSSR count). The van der Waals surface area contributed by atoms with Crippen LogP contribution in [0.25, 0.3) is 0 Å². The quantitative estimate of drug-likeness (QED) is 0.725. The van der Waals surface area contributed by atoms with Gasteiger partial charge in [-0.1, -0.05) is 41.9 Å². The Morgan fingerprint density at radius 1 is 1.08 bits per heavy atom. The number of anilines is 2. The second-order valence-electron chi connectivity index (χ2n) is 5.56. The minimum atomic E-state index is -0.248. The number of halogens is 1. The maximum absolute atomic E-state index is 12.2. The average Bonchev–Trinajstić information content (AvgIpc) is 2.61. The van der Waals surface area contributed by atoms with Crippen LogP contribution in [0.15, 0.2) is 60.9 Å². The number of benzene rings is 2. The summed E-state index contributed by atoms with van der Waals surface area (Å²) in [5, 5.41) is 6.54. The molecule has 2 aromatic carbocycles. The van der Waals surface area contributed by atoms with Crippen molar-refractivity contribution in [1.82, 2.24) is 15.3 Å². The molecule has 0 atom stereocenters. The fourth-order valence-electron chi connectivity index (χ4n) is 2.28. The predicted molar refractivity (Wildman–Crippen MR) is 99.1 cm³/mol. The zero-order valence-corrected chi connectivity index (χ0v) is 14.4. The van der Waals surface area contributed by atoms with Crippen LogP contribution in [0.3, 0.4) is 0 Å². The third-order valence-corrected chi connectivity index (χ3v) is 3.95. The number of hydrogen-bond donors (Lipinski definition) is 2. The summed E-state index contributed by atoms with van der Waals surface area (Å²) in [6.07, 6.45) is 2.99. The van der Waals surface area contributed by atoms with E-state index in [1.807, 2.05) is 49.4 Å².